The number of thiophene rings is 1. The summed E-state index contributed by atoms with van der Waals surface area (Å²) in [4.78, 5) is 1.26. The van der Waals surface area contributed by atoms with Crippen molar-refractivity contribution in [1.29, 1.82) is 0 Å². The minimum atomic E-state index is -0.00764. The van der Waals surface area contributed by atoms with E-state index in [-0.39, 0.29) is 6.04 Å². The highest BCUT2D eigenvalue weighted by atomic mass is 32.1. The third-order valence-electron chi connectivity index (χ3n) is 2.32. The van der Waals surface area contributed by atoms with Gasteiger partial charge in [0, 0.05) is 11.1 Å². The second kappa shape index (κ2) is 4.48. The second-order valence-corrected chi connectivity index (χ2v) is 4.33. The summed E-state index contributed by atoms with van der Waals surface area (Å²) < 4.78 is 0. The minimum Gasteiger partial charge on any atom is -0.271 e. The zero-order valence-electron chi connectivity index (χ0n) is 8.34. The molecule has 5 heteroatoms. The molecule has 2 rings (SSSR count). The van der Waals surface area contributed by atoms with Crippen LogP contribution in [-0.2, 0) is 0 Å². The van der Waals surface area contributed by atoms with Crippen LogP contribution in [0.3, 0.4) is 0 Å². The zero-order chi connectivity index (χ0) is 10.7. The van der Waals surface area contributed by atoms with E-state index in [9.17, 15) is 0 Å². The molecule has 2 aromatic rings. The van der Waals surface area contributed by atoms with Gasteiger partial charge in [-0.1, -0.05) is 0 Å². The van der Waals surface area contributed by atoms with Gasteiger partial charge in [-0.3, -0.25) is 5.84 Å². The van der Waals surface area contributed by atoms with E-state index >= 15 is 0 Å². The first-order valence-corrected chi connectivity index (χ1v) is 5.47. The maximum absolute atomic E-state index is 5.57. The van der Waals surface area contributed by atoms with E-state index in [1.54, 1.807) is 23.7 Å². The number of nitrogens with zero attached hydrogens (tertiary/aromatic N) is 2. The molecule has 0 amide bonds. The molecule has 3 N–H and O–H groups in total. The van der Waals surface area contributed by atoms with E-state index in [4.69, 9.17) is 5.84 Å². The molecule has 78 valence electrons. The van der Waals surface area contributed by atoms with Crippen LogP contribution in [0.1, 0.15) is 22.0 Å². The fourth-order valence-corrected chi connectivity index (χ4v) is 2.27. The van der Waals surface area contributed by atoms with Crippen LogP contribution in [0.2, 0.25) is 0 Å². The monoisotopic (exact) mass is 220 g/mol. The van der Waals surface area contributed by atoms with E-state index in [0.717, 1.165) is 5.56 Å². The quantitative estimate of drug-likeness (QED) is 0.606. The van der Waals surface area contributed by atoms with Gasteiger partial charge in [0.2, 0.25) is 0 Å². The molecule has 4 nitrogen and oxygen atoms in total. The number of hydrogen-bond acceptors (Lipinski definition) is 5. The Kier molecular flexibility index (Phi) is 3.05. The Hall–Kier alpha value is -1.30. The average Bonchev–Trinajstić information content (AvgIpc) is 2.68. The van der Waals surface area contributed by atoms with Gasteiger partial charge < -0.3 is 0 Å². The Morgan fingerprint density at radius 2 is 2.27 bits per heavy atom. The SMILES string of the molecule is Cc1sccc1C(NN)c1ccnnc1. The fourth-order valence-electron chi connectivity index (χ4n) is 1.53. The highest BCUT2D eigenvalue weighted by Crippen LogP contribution is 2.26. The molecule has 0 aliphatic rings. The molecule has 0 fully saturated rings. The van der Waals surface area contributed by atoms with Crippen molar-refractivity contribution in [3.05, 3.63) is 45.9 Å². The molecule has 0 aliphatic heterocycles. The number of nitrogens with one attached hydrogen (secondary N) is 1. The molecule has 0 saturated heterocycles. The molecule has 0 bridgehead atoms. The van der Waals surface area contributed by atoms with Crippen LogP contribution >= 0.6 is 11.3 Å². The standard InChI is InChI=1S/C10H12N4S/c1-7-9(3-5-15-7)10(14-11)8-2-4-12-13-6-8/h2-6,10,14H,11H2,1H3. The third-order valence-corrected chi connectivity index (χ3v) is 3.18. The number of hydrogen-bond donors (Lipinski definition) is 2. The predicted molar refractivity (Wildman–Crippen MR) is 60.3 cm³/mol. The molecule has 0 radical (unpaired) electrons. The van der Waals surface area contributed by atoms with Crippen molar-refractivity contribution in [3.63, 3.8) is 0 Å². The lowest BCUT2D eigenvalue weighted by molar-refractivity contribution is 0.631. The van der Waals surface area contributed by atoms with Crippen molar-refractivity contribution in [2.24, 2.45) is 5.84 Å². The van der Waals surface area contributed by atoms with Gasteiger partial charge in [-0.05, 0) is 35.6 Å². The summed E-state index contributed by atoms with van der Waals surface area (Å²) in [5, 5.41) is 9.66. The summed E-state index contributed by atoms with van der Waals surface area (Å²) in [6.45, 7) is 2.08. The van der Waals surface area contributed by atoms with E-state index in [1.165, 1.54) is 10.4 Å². The normalized spacial score (nSPS) is 12.7. The minimum absolute atomic E-state index is 0.00764. The molecule has 0 saturated carbocycles. The van der Waals surface area contributed by atoms with Crippen LogP contribution in [0, 0.1) is 6.92 Å². The molecular formula is C10H12N4S. The molecule has 2 heterocycles. The van der Waals surface area contributed by atoms with E-state index in [0.29, 0.717) is 0 Å². The molecule has 1 unspecified atom stereocenters. The second-order valence-electron chi connectivity index (χ2n) is 3.21. The zero-order valence-corrected chi connectivity index (χ0v) is 9.16. The predicted octanol–water partition coefficient (Wildman–Crippen LogP) is 1.40. The topological polar surface area (TPSA) is 63.8 Å². The lowest BCUT2D eigenvalue weighted by atomic mass is 10.0. The Labute approximate surface area is 92.1 Å². The van der Waals surface area contributed by atoms with Crippen molar-refractivity contribution < 1.29 is 0 Å². The summed E-state index contributed by atoms with van der Waals surface area (Å²) >= 11 is 1.71. The Morgan fingerprint density at radius 3 is 2.80 bits per heavy atom. The van der Waals surface area contributed by atoms with Gasteiger partial charge in [0.1, 0.15) is 0 Å². The molecule has 0 aromatic carbocycles. The van der Waals surface area contributed by atoms with Gasteiger partial charge in [0.05, 0.1) is 12.2 Å². The number of hydrazine groups is 1. The van der Waals surface area contributed by atoms with Gasteiger partial charge in [-0.2, -0.15) is 10.2 Å². The summed E-state index contributed by atoms with van der Waals surface area (Å²) in [7, 11) is 0. The average molecular weight is 220 g/mol. The van der Waals surface area contributed by atoms with Crippen molar-refractivity contribution in [3.8, 4) is 0 Å². The lowest BCUT2D eigenvalue weighted by Crippen LogP contribution is -2.29. The third kappa shape index (κ3) is 2.04. The van der Waals surface area contributed by atoms with Crippen LogP contribution < -0.4 is 11.3 Å². The van der Waals surface area contributed by atoms with Crippen LogP contribution in [0.25, 0.3) is 0 Å². The van der Waals surface area contributed by atoms with E-state index < -0.39 is 0 Å². The van der Waals surface area contributed by atoms with Gasteiger partial charge in [-0.15, -0.1) is 11.3 Å². The van der Waals surface area contributed by atoms with Crippen molar-refractivity contribution in [1.82, 2.24) is 15.6 Å². The van der Waals surface area contributed by atoms with Crippen molar-refractivity contribution >= 4 is 11.3 Å². The fraction of sp³-hybridized carbons (Fsp3) is 0.200. The van der Waals surface area contributed by atoms with Crippen LogP contribution in [0.15, 0.2) is 29.9 Å². The molecule has 0 spiro atoms. The first-order chi connectivity index (χ1) is 7.33. The first kappa shape index (κ1) is 10.2. The lowest BCUT2D eigenvalue weighted by Gasteiger charge is -2.15. The van der Waals surface area contributed by atoms with Crippen LogP contribution in [0.5, 0.6) is 0 Å². The van der Waals surface area contributed by atoms with Crippen molar-refractivity contribution in [2.75, 3.05) is 0 Å². The summed E-state index contributed by atoms with van der Waals surface area (Å²) in [5.74, 6) is 5.57. The van der Waals surface area contributed by atoms with Gasteiger partial charge in [0.15, 0.2) is 0 Å². The van der Waals surface area contributed by atoms with Gasteiger partial charge in [-0.25, -0.2) is 5.43 Å². The number of aryl methyl sites for hydroxylation is 1. The molecule has 2 aromatic heterocycles. The largest absolute Gasteiger partial charge is 0.271 e. The molecule has 1 atom stereocenters. The van der Waals surface area contributed by atoms with Crippen molar-refractivity contribution in [2.45, 2.75) is 13.0 Å². The highest BCUT2D eigenvalue weighted by molar-refractivity contribution is 7.10. The number of rotatable bonds is 3. The molecule has 0 aliphatic carbocycles. The van der Waals surface area contributed by atoms with Gasteiger partial charge >= 0.3 is 0 Å². The summed E-state index contributed by atoms with van der Waals surface area (Å²) in [6.07, 6.45) is 3.39. The maximum atomic E-state index is 5.57. The van der Waals surface area contributed by atoms with E-state index in [1.807, 2.05) is 6.07 Å². The van der Waals surface area contributed by atoms with Gasteiger partial charge in [0.25, 0.3) is 0 Å². The Morgan fingerprint density at radius 1 is 1.40 bits per heavy atom. The highest BCUT2D eigenvalue weighted by Gasteiger charge is 2.15. The summed E-state index contributed by atoms with van der Waals surface area (Å²) in [5.41, 5.74) is 5.01. The summed E-state index contributed by atoms with van der Waals surface area (Å²) in [6, 6.07) is 3.98. The number of aromatic nitrogens is 2. The smallest absolute Gasteiger partial charge is 0.0736 e. The Balaban J connectivity index is 2.37. The molecule has 15 heavy (non-hydrogen) atoms. The maximum Gasteiger partial charge on any atom is 0.0736 e. The molecular weight excluding hydrogens is 208 g/mol. The Bertz CT molecular complexity index is 426. The van der Waals surface area contributed by atoms with Crippen LogP contribution in [0.4, 0.5) is 0 Å². The van der Waals surface area contributed by atoms with Crippen LogP contribution in [-0.4, -0.2) is 10.2 Å². The number of nitrogens with two attached hydrogens (primary N) is 1. The first-order valence-electron chi connectivity index (χ1n) is 4.59. The van der Waals surface area contributed by atoms with E-state index in [2.05, 4.69) is 34.0 Å².